The number of carbonyl (C=O) groups excluding carboxylic acids is 1. The molecule has 2 heterocycles. The van der Waals surface area contributed by atoms with Crippen LogP contribution >= 0.6 is 0 Å². The highest BCUT2D eigenvalue weighted by Crippen LogP contribution is 2.51. The Morgan fingerprint density at radius 1 is 0.681 bits per heavy atom. The van der Waals surface area contributed by atoms with E-state index in [4.69, 9.17) is 14.0 Å². The molecule has 26 heteroatoms. The molecule has 0 spiro atoms. The molecule has 0 radical (unpaired) electrons. The minimum atomic E-state index is -5.73. The summed E-state index contributed by atoms with van der Waals surface area (Å²) in [5.74, 6) is -13.4. The molecule has 0 aliphatic carbocycles. The number of ether oxygens (including phenoxy) is 3. The Morgan fingerprint density at radius 3 is 1.85 bits per heavy atom. The van der Waals surface area contributed by atoms with Gasteiger partial charge in [0.05, 0.1) is 21.0 Å². The maximum Gasteiger partial charge on any atom is 0.311 e. The van der Waals surface area contributed by atoms with E-state index in [0.29, 0.717) is 53.3 Å². The fraction of sp³-hybridized carbons (Fsp3) is 0.391. The van der Waals surface area contributed by atoms with Crippen molar-refractivity contribution in [3.63, 3.8) is 0 Å². The van der Waals surface area contributed by atoms with Crippen molar-refractivity contribution in [2.24, 2.45) is 0 Å². The van der Waals surface area contributed by atoms with Crippen molar-refractivity contribution in [2.75, 3.05) is 51.2 Å². The Bertz CT molecular complexity index is 3190. The van der Waals surface area contributed by atoms with Crippen LogP contribution in [0.1, 0.15) is 69.9 Å². The number of halogens is 4. The van der Waals surface area contributed by atoms with Crippen LogP contribution in [0.15, 0.2) is 99.3 Å². The molecule has 3 aromatic rings. The Kier molecular flexibility index (Phi) is 18.4. The summed E-state index contributed by atoms with van der Waals surface area (Å²) >= 11 is 0. The van der Waals surface area contributed by atoms with Crippen LogP contribution in [0.4, 0.5) is 28.9 Å². The topological polar surface area (TPSA) is 268 Å². The monoisotopic (exact) mass is 1090 g/mol. The van der Waals surface area contributed by atoms with Crippen LogP contribution in [0, 0.1) is 23.3 Å². The number of hydrogen-bond acceptors (Lipinski definition) is 13. The van der Waals surface area contributed by atoms with E-state index in [-0.39, 0.29) is 55.2 Å². The molecule has 394 valence electrons. The van der Waals surface area contributed by atoms with E-state index in [1.165, 1.54) is 50.6 Å². The van der Waals surface area contributed by atoms with E-state index in [9.17, 15) is 69.7 Å². The van der Waals surface area contributed by atoms with Crippen molar-refractivity contribution in [3.05, 3.63) is 119 Å². The lowest BCUT2D eigenvalue weighted by Gasteiger charge is -2.30. The van der Waals surface area contributed by atoms with Gasteiger partial charge in [-0.2, -0.15) is 47.0 Å². The van der Waals surface area contributed by atoms with E-state index in [0.717, 1.165) is 0 Å². The number of hydrogen-bond donors (Lipinski definition) is 4. The first kappa shape index (κ1) is 57.7. The van der Waals surface area contributed by atoms with Gasteiger partial charge >= 0.3 is 16.1 Å². The van der Waals surface area contributed by atoms with E-state index in [1.807, 2.05) is 16.4 Å². The summed E-state index contributed by atoms with van der Waals surface area (Å²) in [5, 5.41) is 0. The van der Waals surface area contributed by atoms with Gasteiger partial charge in [0.15, 0.2) is 28.8 Å². The van der Waals surface area contributed by atoms with Gasteiger partial charge < -0.3 is 19.1 Å². The highest BCUT2D eigenvalue weighted by atomic mass is 32.2. The smallest absolute Gasteiger partial charge is 0.311 e. The molecule has 2 aliphatic heterocycles. The number of fused-ring (bicyclic) bond motifs is 2. The zero-order valence-electron chi connectivity index (χ0n) is 39.2. The van der Waals surface area contributed by atoms with E-state index < -0.39 is 103 Å². The largest absolute Gasteiger partial charge is 0.420 e. The summed E-state index contributed by atoms with van der Waals surface area (Å²) in [7, 11) is -16.3. The van der Waals surface area contributed by atoms with E-state index >= 15 is 0 Å². The van der Waals surface area contributed by atoms with Crippen molar-refractivity contribution in [2.45, 2.75) is 84.3 Å². The molecule has 3 aromatic carbocycles. The number of allylic oxidation sites excluding steroid dienone is 8. The Hall–Kier alpha value is -5.16. The molecule has 0 amide bonds. The summed E-state index contributed by atoms with van der Waals surface area (Å²) in [4.78, 5) is 11.4. The molecular weight excluding hydrogens is 1040 g/mol. The summed E-state index contributed by atoms with van der Waals surface area (Å²) < 4.78 is 208. The van der Waals surface area contributed by atoms with Gasteiger partial charge in [0.2, 0.25) is 23.1 Å². The highest BCUT2D eigenvalue weighted by molar-refractivity contribution is 7.86. The number of carbonyl (C=O) groups is 1. The van der Waals surface area contributed by atoms with E-state index in [2.05, 4.69) is 4.74 Å². The van der Waals surface area contributed by atoms with Crippen LogP contribution in [-0.4, -0.2) is 114 Å². The highest BCUT2D eigenvalue weighted by Gasteiger charge is 2.48. The van der Waals surface area contributed by atoms with Gasteiger partial charge in [-0.25, -0.2) is 8.78 Å². The number of anilines is 1. The lowest BCUT2D eigenvalue weighted by atomic mass is 9.76. The molecular formula is C46H53F4N2O16S4+. The molecule has 0 fully saturated rings. The molecule has 0 saturated heterocycles. The quantitative estimate of drug-likeness (QED) is 0.0101. The Morgan fingerprint density at radius 2 is 1.26 bits per heavy atom. The van der Waals surface area contributed by atoms with Crippen molar-refractivity contribution < 1.29 is 93.0 Å². The fourth-order valence-electron chi connectivity index (χ4n) is 8.76. The number of benzene rings is 3. The SMILES string of the molecule is COCC[N+]1=C(/C=C/C=C/C=C/C=C2/N(CCCCCC(=O)Oc3c(F)c(F)c(S(=O)(=O)O)c(F)c3F)c3ccc(S(=O)(=O)O)cc3C2(C)CCOC)C(C)(CCCS(=O)(=O)O)c2cc(S(=O)(=O)O)ccc21. The number of esters is 1. The van der Waals surface area contributed by atoms with Gasteiger partial charge in [-0.3, -0.25) is 23.0 Å². The van der Waals surface area contributed by atoms with E-state index in [1.54, 1.807) is 49.5 Å². The molecule has 18 nitrogen and oxygen atoms in total. The molecule has 2 atom stereocenters. The van der Waals surface area contributed by atoms with Crippen molar-refractivity contribution in [3.8, 4) is 5.75 Å². The molecule has 0 aromatic heterocycles. The first-order valence-corrected chi connectivity index (χ1v) is 27.8. The van der Waals surface area contributed by atoms with Gasteiger partial charge in [-0.1, -0.05) is 36.8 Å². The lowest BCUT2D eigenvalue weighted by Crippen LogP contribution is -2.32. The molecule has 2 unspecified atom stereocenters. The predicted molar refractivity (Wildman–Crippen MR) is 254 cm³/mol. The zero-order valence-corrected chi connectivity index (χ0v) is 42.5. The van der Waals surface area contributed by atoms with Gasteiger partial charge in [0, 0.05) is 68.3 Å². The summed E-state index contributed by atoms with van der Waals surface area (Å²) in [6, 6.07) is 8.25. The second kappa shape index (κ2) is 22.9. The van der Waals surface area contributed by atoms with Crippen LogP contribution in [0.2, 0.25) is 0 Å². The minimum Gasteiger partial charge on any atom is -0.420 e. The van der Waals surface area contributed by atoms with Gasteiger partial charge in [0.1, 0.15) is 6.61 Å². The predicted octanol–water partition coefficient (Wildman–Crippen LogP) is 7.19. The van der Waals surface area contributed by atoms with Crippen LogP contribution < -0.4 is 9.64 Å². The van der Waals surface area contributed by atoms with Crippen LogP contribution in [0.5, 0.6) is 5.75 Å². The average molecular weight is 1090 g/mol. The molecule has 4 N–H and O–H groups in total. The fourth-order valence-corrected chi connectivity index (χ4v) is 10.9. The summed E-state index contributed by atoms with van der Waals surface area (Å²) in [5.41, 5.74) is 1.61. The van der Waals surface area contributed by atoms with Crippen molar-refractivity contribution in [1.82, 2.24) is 0 Å². The maximum absolute atomic E-state index is 14.5. The second-order valence-electron chi connectivity index (χ2n) is 17.1. The van der Waals surface area contributed by atoms with Crippen molar-refractivity contribution in [1.29, 1.82) is 0 Å². The minimum absolute atomic E-state index is 0.00182. The third kappa shape index (κ3) is 13.1. The van der Waals surface area contributed by atoms with Gasteiger partial charge in [-0.05, 0) is 87.9 Å². The average Bonchev–Trinajstić information content (AvgIpc) is 3.65. The summed E-state index contributed by atoms with van der Waals surface area (Å²) in [6.45, 7) is 4.68. The number of methoxy groups -OCH3 is 2. The second-order valence-corrected chi connectivity index (χ2v) is 22.9. The third-order valence-electron chi connectivity index (χ3n) is 12.3. The first-order chi connectivity index (χ1) is 33.5. The van der Waals surface area contributed by atoms with Crippen molar-refractivity contribution >= 4 is 63.5 Å². The van der Waals surface area contributed by atoms with Crippen LogP contribution in [0.3, 0.4) is 0 Å². The van der Waals surface area contributed by atoms with Gasteiger partial charge in [0.25, 0.3) is 30.4 Å². The van der Waals surface area contributed by atoms with Gasteiger partial charge in [-0.15, -0.1) is 0 Å². The molecule has 5 rings (SSSR count). The normalized spacial score (nSPS) is 19.2. The molecule has 0 saturated carbocycles. The number of nitrogens with zero attached hydrogens (tertiary/aromatic N) is 2. The Balaban J connectivity index is 1.41. The molecule has 2 aliphatic rings. The standard InChI is InChI=1S/C46H52F4N2O16S4/c1-45(21-13-27-69(54,55)56)32-28-30(70(57,58)59)18-20-35(32)52(24-26-67-4)36(45)14-9-6-5-7-10-15-37-46(2,22-25-66-3)33-29-31(71(60,61)62)17-19-34(33)51(37)23-12-8-11-16-38(53)68-43-39(47)41(49)44(72(63,64)65)42(50)40(43)48/h5-7,9-10,14-15,17-20,28-29H,8,11-13,16,21-27H2,1-4H3,(H3-,54,55,56,57,58,59,60,61,62,63,64,65)/p+1. The Labute approximate surface area is 415 Å². The zero-order chi connectivity index (χ0) is 53.6. The molecule has 72 heavy (non-hydrogen) atoms. The first-order valence-electron chi connectivity index (χ1n) is 21.9. The lowest BCUT2D eigenvalue weighted by molar-refractivity contribution is -0.441. The summed E-state index contributed by atoms with van der Waals surface area (Å²) in [6.07, 6.45) is 12.7. The van der Waals surface area contributed by atoms with Crippen LogP contribution in [0.25, 0.3) is 0 Å². The molecule has 0 bridgehead atoms. The van der Waals surface area contributed by atoms with Crippen LogP contribution in [-0.2, 0) is 65.6 Å². The maximum atomic E-state index is 14.5. The third-order valence-corrected chi connectivity index (χ3v) is 15.7. The number of unbranched alkanes of at least 4 members (excludes halogenated alkanes) is 2. The number of rotatable bonds is 24.